The minimum absolute atomic E-state index is 0.150. The van der Waals surface area contributed by atoms with Gasteiger partial charge in [-0.1, -0.05) is 5.16 Å². The maximum absolute atomic E-state index is 10.9. The normalized spacial score (nSPS) is 16.1. The summed E-state index contributed by atoms with van der Waals surface area (Å²) in [4.78, 5) is 27.6. The quantitative estimate of drug-likeness (QED) is 0.784. The van der Waals surface area contributed by atoms with Gasteiger partial charge in [-0.3, -0.25) is 14.7 Å². The van der Waals surface area contributed by atoms with E-state index >= 15 is 0 Å². The van der Waals surface area contributed by atoms with Gasteiger partial charge in [0.05, 0.1) is 12.7 Å². The molecule has 0 radical (unpaired) electrons. The average molecular weight is 289 g/mol. The van der Waals surface area contributed by atoms with Crippen molar-refractivity contribution >= 4 is 11.7 Å². The van der Waals surface area contributed by atoms with E-state index < -0.39 is 5.91 Å². The predicted molar refractivity (Wildman–Crippen MR) is 72.3 cm³/mol. The van der Waals surface area contributed by atoms with Crippen LogP contribution in [0.5, 0.6) is 0 Å². The molecule has 1 aliphatic heterocycles. The largest absolute Gasteiger partial charge is 0.361 e. The van der Waals surface area contributed by atoms with Gasteiger partial charge in [-0.05, 0) is 0 Å². The van der Waals surface area contributed by atoms with Crippen LogP contribution in [0, 0.1) is 0 Å². The van der Waals surface area contributed by atoms with Gasteiger partial charge in [0.15, 0.2) is 5.82 Å². The molecule has 0 unspecified atom stereocenters. The first kappa shape index (κ1) is 13.4. The van der Waals surface area contributed by atoms with Gasteiger partial charge in [-0.2, -0.15) is 4.98 Å². The Bertz CT molecular complexity index is 607. The van der Waals surface area contributed by atoms with Crippen LogP contribution in [0.1, 0.15) is 16.5 Å². The zero-order chi connectivity index (χ0) is 14.7. The number of rotatable bonds is 4. The predicted octanol–water partition coefficient (Wildman–Crippen LogP) is -0.719. The Morgan fingerprint density at radius 2 is 2.10 bits per heavy atom. The van der Waals surface area contributed by atoms with Crippen molar-refractivity contribution in [1.82, 2.24) is 25.0 Å². The molecule has 9 heteroatoms. The zero-order valence-corrected chi connectivity index (χ0v) is 11.3. The highest BCUT2D eigenvalue weighted by Gasteiger charge is 2.20. The van der Waals surface area contributed by atoms with Gasteiger partial charge in [0, 0.05) is 38.6 Å². The molecule has 2 aromatic rings. The summed E-state index contributed by atoms with van der Waals surface area (Å²) >= 11 is 0. The molecular weight excluding hydrogens is 274 g/mol. The van der Waals surface area contributed by atoms with Crippen LogP contribution in [-0.4, -0.2) is 57.1 Å². The van der Waals surface area contributed by atoms with Gasteiger partial charge in [-0.25, -0.2) is 4.98 Å². The fourth-order valence-electron chi connectivity index (χ4n) is 2.21. The summed E-state index contributed by atoms with van der Waals surface area (Å²) in [5, 5.41) is 3.74. The van der Waals surface area contributed by atoms with Crippen molar-refractivity contribution in [1.29, 1.82) is 0 Å². The van der Waals surface area contributed by atoms with Crippen molar-refractivity contribution in [2.45, 2.75) is 6.54 Å². The topological polar surface area (TPSA) is 114 Å². The van der Waals surface area contributed by atoms with E-state index in [0.717, 1.165) is 32.0 Å². The molecule has 0 aromatic carbocycles. The molecule has 3 heterocycles. The smallest absolute Gasteiger partial charge is 0.315 e. The van der Waals surface area contributed by atoms with Gasteiger partial charge in [0.1, 0.15) is 5.82 Å². The van der Waals surface area contributed by atoms with Crippen LogP contribution in [0.3, 0.4) is 0 Å². The number of amides is 1. The second-order valence-corrected chi connectivity index (χ2v) is 4.71. The van der Waals surface area contributed by atoms with E-state index in [0.29, 0.717) is 12.4 Å². The molecule has 1 fully saturated rings. The summed E-state index contributed by atoms with van der Waals surface area (Å²) in [6, 6.07) is 0. The van der Waals surface area contributed by atoms with Crippen LogP contribution in [-0.2, 0) is 6.54 Å². The van der Waals surface area contributed by atoms with E-state index in [-0.39, 0.29) is 5.89 Å². The van der Waals surface area contributed by atoms with Crippen molar-refractivity contribution in [3.63, 3.8) is 0 Å². The number of piperazine rings is 1. The van der Waals surface area contributed by atoms with Gasteiger partial charge in [0.2, 0.25) is 0 Å². The fraction of sp³-hybridized carbons (Fsp3) is 0.417. The van der Waals surface area contributed by atoms with Crippen LogP contribution in [0.4, 0.5) is 5.82 Å². The lowest BCUT2D eigenvalue weighted by Gasteiger charge is -2.34. The molecule has 21 heavy (non-hydrogen) atoms. The third-order valence-electron chi connectivity index (χ3n) is 3.29. The Balaban J connectivity index is 1.55. The van der Waals surface area contributed by atoms with Crippen molar-refractivity contribution < 1.29 is 9.32 Å². The van der Waals surface area contributed by atoms with Crippen LogP contribution in [0.25, 0.3) is 0 Å². The van der Waals surface area contributed by atoms with Crippen LogP contribution >= 0.6 is 0 Å². The third kappa shape index (κ3) is 3.14. The Labute approximate surface area is 120 Å². The van der Waals surface area contributed by atoms with Gasteiger partial charge in [0.25, 0.3) is 0 Å². The molecular formula is C12H15N7O2. The molecule has 2 N–H and O–H groups in total. The van der Waals surface area contributed by atoms with Crippen LogP contribution in [0.2, 0.25) is 0 Å². The Kier molecular flexibility index (Phi) is 3.73. The molecule has 0 atom stereocenters. The molecule has 0 spiro atoms. The first-order valence-electron chi connectivity index (χ1n) is 6.58. The maximum Gasteiger partial charge on any atom is 0.315 e. The van der Waals surface area contributed by atoms with Crippen molar-refractivity contribution in [3.05, 3.63) is 30.3 Å². The van der Waals surface area contributed by atoms with Crippen molar-refractivity contribution in [3.8, 4) is 0 Å². The standard InChI is InChI=1S/C12H15N7O2/c13-11(20)12-16-9(17-21-12)8-18-3-5-19(6-4-18)10-7-14-1-2-15-10/h1-2,7H,3-6,8H2,(H2,13,20). The van der Waals surface area contributed by atoms with E-state index in [1.165, 1.54) is 0 Å². The number of nitrogens with zero attached hydrogens (tertiary/aromatic N) is 6. The molecule has 1 amide bonds. The molecule has 3 rings (SSSR count). The molecule has 0 bridgehead atoms. The summed E-state index contributed by atoms with van der Waals surface area (Å²) in [6.07, 6.45) is 5.10. The van der Waals surface area contributed by atoms with E-state index in [2.05, 4.69) is 29.9 Å². The Morgan fingerprint density at radius 3 is 2.71 bits per heavy atom. The van der Waals surface area contributed by atoms with Crippen LogP contribution in [0.15, 0.2) is 23.1 Å². The summed E-state index contributed by atoms with van der Waals surface area (Å²) in [5.41, 5.74) is 5.07. The number of carbonyl (C=O) groups excluding carboxylic acids is 1. The molecule has 1 aliphatic rings. The molecule has 1 saturated heterocycles. The molecule has 2 aromatic heterocycles. The van der Waals surface area contributed by atoms with E-state index in [9.17, 15) is 4.79 Å². The summed E-state index contributed by atoms with van der Waals surface area (Å²) in [5.74, 6) is 0.494. The first-order chi connectivity index (χ1) is 10.2. The van der Waals surface area contributed by atoms with Gasteiger partial charge >= 0.3 is 11.8 Å². The number of nitrogens with two attached hydrogens (primary N) is 1. The SMILES string of the molecule is NC(=O)c1nc(CN2CCN(c3cnccn3)CC2)no1. The maximum atomic E-state index is 10.9. The molecule has 0 saturated carbocycles. The van der Waals surface area contributed by atoms with Crippen molar-refractivity contribution in [2.24, 2.45) is 5.73 Å². The van der Waals surface area contributed by atoms with Crippen LogP contribution < -0.4 is 10.6 Å². The molecule has 9 nitrogen and oxygen atoms in total. The van der Waals surface area contributed by atoms with Gasteiger partial charge in [-0.15, -0.1) is 0 Å². The Morgan fingerprint density at radius 1 is 1.29 bits per heavy atom. The minimum atomic E-state index is -0.707. The van der Waals surface area contributed by atoms with E-state index in [4.69, 9.17) is 10.3 Å². The number of primary amides is 1. The monoisotopic (exact) mass is 289 g/mol. The fourth-order valence-corrected chi connectivity index (χ4v) is 2.21. The number of carbonyl (C=O) groups is 1. The zero-order valence-electron chi connectivity index (χ0n) is 11.3. The average Bonchev–Trinajstić information content (AvgIpc) is 2.98. The van der Waals surface area contributed by atoms with E-state index in [1.54, 1.807) is 18.6 Å². The highest BCUT2D eigenvalue weighted by atomic mass is 16.5. The first-order valence-corrected chi connectivity index (χ1v) is 6.58. The third-order valence-corrected chi connectivity index (χ3v) is 3.29. The second kappa shape index (κ2) is 5.83. The lowest BCUT2D eigenvalue weighted by atomic mass is 10.3. The Hall–Kier alpha value is -2.55. The molecule has 110 valence electrons. The highest BCUT2D eigenvalue weighted by molar-refractivity contribution is 5.87. The number of hydrogen-bond acceptors (Lipinski definition) is 8. The number of anilines is 1. The number of aromatic nitrogens is 4. The summed E-state index contributed by atoms with van der Waals surface area (Å²) in [6.45, 7) is 3.91. The lowest BCUT2D eigenvalue weighted by Crippen LogP contribution is -2.46. The second-order valence-electron chi connectivity index (χ2n) is 4.71. The van der Waals surface area contributed by atoms with Gasteiger partial charge < -0.3 is 15.2 Å². The lowest BCUT2D eigenvalue weighted by molar-refractivity contribution is 0.0958. The minimum Gasteiger partial charge on any atom is -0.361 e. The molecule has 0 aliphatic carbocycles. The number of hydrogen-bond donors (Lipinski definition) is 1. The highest BCUT2D eigenvalue weighted by Crippen LogP contribution is 2.12. The van der Waals surface area contributed by atoms with E-state index in [1.807, 2.05) is 0 Å². The van der Waals surface area contributed by atoms with Crippen molar-refractivity contribution in [2.75, 3.05) is 31.1 Å². The summed E-state index contributed by atoms with van der Waals surface area (Å²) in [7, 11) is 0. The summed E-state index contributed by atoms with van der Waals surface area (Å²) < 4.78 is 4.77.